The van der Waals surface area contributed by atoms with Crippen molar-refractivity contribution in [3.05, 3.63) is 50.4 Å². The Hall–Kier alpha value is -1.10. The van der Waals surface area contributed by atoms with E-state index in [1.807, 2.05) is 0 Å². The Kier molecular flexibility index (Phi) is 4.45. The predicted octanol–water partition coefficient (Wildman–Crippen LogP) is 4.51. The third-order valence-electron chi connectivity index (χ3n) is 2.61. The van der Waals surface area contributed by atoms with Gasteiger partial charge in [-0.25, -0.2) is 4.39 Å². The van der Waals surface area contributed by atoms with Crippen LogP contribution in [-0.2, 0) is 0 Å². The molecule has 2 rings (SSSR count). The molecule has 6 heteroatoms. The highest BCUT2D eigenvalue weighted by atomic mass is 35.5. The fraction of sp³-hybridized carbons (Fsp3) is 0.154. The van der Waals surface area contributed by atoms with Gasteiger partial charge in [0.2, 0.25) is 0 Å². The van der Waals surface area contributed by atoms with Crippen molar-refractivity contribution < 1.29 is 9.18 Å². The van der Waals surface area contributed by atoms with Gasteiger partial charge in [-0.2, -0.15) is 0 Å². The highest BCUT2D eigenvalue weighted by molar-refractivity contribution is 7.20. The Balaban J connectivity index is 2.10. The lowest BCUT2D eigenvalue weighted by atomic mass is 10.2. The molecule has 0 bridgehead atoms. The number of nitrogens with zero attached hydrogens (tertiary/aromatic N) is 1. The number of carbonyl (C=O) groups is 1. The summed E-state index contributed by atoms with van der Waals surface area (Å²) in [6.45, 7) is 0.151. The molecule has 0 spiro atoms. The Morgan fingerprint density at radius 3 is 2.47 bits per heavy atom. The summed E-state index contributed by atoms with van der Waals surface area (Å²) in [6.07, 6.45) is 0. The fourth-order valence-corrected chi connectivity index (χ4v) is 3.12. The van der Waals surface area contributed by atoms with Gasteiger partial charge in [0.1, 0.15) is 10.2 Å². The highest BCUT2D eigenvalue weighted by Gasteiger charge is 2.16. The molecule has 1 aromatic heterocycles. The third-order valence-corrected chi connectivity index (χ3v) is 4.09. The molecule has 0 aliphatic rings. The van der Waals surface area contributed by atoms with Crippen molar-refractivity contribution in [3.63, 3.8) is 0 Å². The van der Waals surface area contributed by atoms with Crippen LogP contribution in [0.4, 0.5) is 10.1 Å². The zero-order valence-electron chi connectivity index (χ0n) is 9.99. The van der Waals surface area contributed by atoms with Crippen molar-refractivity contribution in [2.45, 2.75) is 0 Å². The third kappa shape index (κ3) is 3.47. The SMILES string of the molecule is CN(CC(=O)c1cc(Cl)sc1Cl)c1ccc(F)cc1. The summed E-state index contributed by atoms with van der Waals surface area (Å²) < 4.78 is 13.7. The fourth-order valence-electron chi connectivity index (χ4n) is 1.62. The smallest absolute Gasteiger partial charge is 0.184 e. The van der Waals surface area contributed by atoms with E-state index in [-0.39, 0.29) is 18.1 Å². The second-order valence-electron chi connectivity index (χ2n) is 3.99. The van der Waals surface area contributed by atoms with Crippen LogP contribution in [0.3, 0.4) is 0 Å². The summed E-state index contributed by atoms with van der Waals surface area (Å²) in [4.78, 5) is 13.8. The first-order chi connectivity index (χ1) is 8.97. The van der Waals surface area contributed by atoms with E-state index < -0.39 is 0 Å². The minimum absolute atomic E-state index is 0.125. The first-order valence-corrected chi connectivity index (χ1v) is 6.99. The van der Waals surface area contributed by atoms with Crippen molar-refractivity contribution in [3.8, 4) is 0 Å². The van der Waals surface area contributed by atoms with E-state index in [1.54, 1.807) is 30.1 Å². The molecule has 0 aliphatic carbocycles. The summed E-state index contributed by atoms with van der Waals surface area (Å²) in [5, 5.41) is 0. The number of hydrogen-bond donors (Lipinski definition) is 0. The van der Waals surface area contributed by atoms with Crippen LogP contribution in [0.25, 0.3) is 0 Å². The lowest BCUT2D eigenvalue weighted by molar-refractivity contribution is 0.100. The zero-order valence-corrected chi connectivity index (χ0v) is 12.3. The quantitative estimate of drug-likeness (QED) is 0.773. The van der Waals surface area contributed by atoms with Gasteiger partial charge >= 0.3 is 0 Å². The van der Waals surface area contributed by atoms with Gasteiger partial charge < -0.3 is 4.90 Å². The lowest BCUT2D eigenvalue weighted by Gasteiger charge is -2.18. The molecular weight excluding hydrogens is 308 g/mol. The topological polar surface area (TPSA) is 20.3 Å². The second-order valence-corrected chi connectivity index (χ2v) is 6.28. The molecule has 0 unspecified atom stereocenters. The molecule has 0 radical (unpaired) electrons. The number of thiophene rings is 1. The summed E-state index contributed by atoms with van der Waals surface area (Å²) in [7, 11) is 1.76. The van der Waals surface area contributed by atoms with E-state index in [1.165, 1.54) is 12.1 Å². The maximum atomic E-state index is 12.8. The van der Waals surface area contributed by atoms with E-state index >= 15 is 0 Å². The molecule has 0 saturated carbocycles. The number of hydrogen-bond acceptors (Lipinski definition) is 3. The van der Waals surface area contributed by atoms with Crippen LogP contribution in [0.2, 0.25) is 8.67 Å². The number of rotatable bonds is 4. The van der Waals surface area contributed by atoms with Gasteiger partial charge in [-0.15, -0.1) is 11.3 Å². The van der Waals surface area contributed by atoms with Crippen LogP contribution >= 0.6 is 34.5 Å². The van der Waals surface area contributed by atoms with Crippen molar-refractivity contribution in [1.82, 2.24) is 0 Å². The van der Waals surface area contributed by atoms with E-state index in [0.717, 1.165) is 17.0 Å². The number of anilines is 1. The summed E-state index contributed by atoms with van der Waals surface area (Å²) in [6, 6.07) is 7.50. The molecule has 0 fully saturated rings. The number of likely N-dealkylation sites (N-methyl/N-ethyl adjacent to an activating group) is 1. The molecule has 0 amide bonds. The largest absolute Gasteiger partial charge is 0.367 e. The number of Topliss-reactive ketones (excluding diaryl/α,β-unsaturated/α-hetero) is 1. The molecule has 2 aromatic rings. The van der Waals surface area contributed by atoms with E-state index in [0.29, 0.717) is 14.2 Å². The maximum Gasteiger partial charge on any atom is 0.184 e. The molecule has 2 nitrogen and oxygen atoms in total. The standard InChI is InChI=1S/C13H10Cl2FNOS/c1-17(9-4-2-8(16)3-5-9)7-11(18)10-6-12(14)19-13(10)15/h2-6H,7H2,1H3. The maximum absolute atomic E-state index is 12.8. The Morgan fingerprint density at radius 2 is 1.95 bits per heavy atom. The summed E-state index contributed by atoms with van der Waals surface area (Å²) in [5.41, 5.74) is 1.18. The van der Waals surface area contributed by atoms with Crippen LogP contribution in [0, 0.1) is 5.82 Å². The van der Waals surface area contributed by atoms with Crippen LogP contribution in [0.5, 0.6) is 0 Å². The van der Waals surface area contributed by atoms with Gasteiger partial charge in [0.05, 0.1) is 16.4 Å². The van der Waals surface area contributed by atoms with Gasteiger partial charge in [0.15, 0.2) is 5.78 Å². The van der Waals surface area contributed by atoms with Crippen molar-refractivity contribution >= 4 is 46.0 Å². The van der Waals surface area contributed by atoms with Crippen molar-refractivity contribution in [1.29, 1.82) is 0 Å². The van der Waals surface area contributed by atoms with E-state index in [2.05, 4.69) is 0 Å². The molecule has 19 heavy (non-hydrogen) atoms. The number of carbonyl (C=O) groups excluding carboxylic acids is 1. The molecule has 0 atom stereocenters. The predicted molar refractivity (Wildman–Crippen MR) is 78.3 cm³/mol. The number of ketones is 1. The summed E-state index contributed by atoms with van der Waals surface area (Å²) in [5.74, 6) is -0.434. The normalized spacial score (nSPS) is 10.5. The number of halogens is 3. The molecule has 1 heterocycles. The lowest BCUT2D eigenvalue weighted by Crippen LogP contribution is -2.25. The molecule has 0 saturated heterocycles. The zero-order chi connectivity index (χ0) is 14.0. The van der Waals surface area contributed by atoms with Crippen molar-refractivity contribution in [2.24, 2.45) is 0 Å². The molecule has 0 aliphatic heterocycles. The molecule has 1 aromatic carbocycles. The molecule has 0 N–H and O–H groups in total. The van der Waals surface area contributed by atoms with Gasteiger partial charge in [0, 0.05) is 12.7 Å². The Bertz CT molecular complexity index is 597. The van der Waals surface area contributed by atoms with Crippen LogP contribution in [0.15, 0.2) is 30.3 Å². The average Bonchev–Trinajstić information content (AvgIpc) is 2.69. The van der Waals surface area contributed by atoms with Crippen LogP contribution in [-0.4, -0.2) is 19.4 Å². The van der Waals surface area contributed by atoms with E-state index in [4.69, 9.17) is 23.2 Å². The first-order valence-electron chi connectivity index (χ1n) is 5.42. The van der Waals surface area contributed by atoms with Gasteiger partial charge in [0.25, 0.3) is 0 Å². The van der Waals surface area contributed by atoms with Crippen LogP contribution < -0.4 is 4.90 Å². The van der Waals surface area contributed by atoms with Gasteiger partial charge in [-0.1, -0.05) is 23.2 Å². The molecule has 100 valence electrons. The average molecular weight is 318 g/mol. The van der Waals surface area contributed by atoms with Gasteiger partial charge in [-0.05, 0) is 30.3 Å². The first kappa shape index (κ1) is 14.3. The summed E-state index contributed by atoms with van der Waals surface area (Å²) >= 11 is 12.9. The van der Waals surface area contributed by atoms with E-state index in [9.17, 15) is 9.18 Å². The van der Waals surface area contributed by atoms with Crippen molar-refractivity contribution in [2.75, 3.05) is 18.5 Å². The van der Waals surface area contributed by atoms with Crippen LogP contribution in [0.1, 0.15) is 10.4 Å². The second kappa shape index (κ2) is 5.90. The Labute approximate surface area is 124 Å². The number of benzene rings is 1. The minimum atomic E-state index is -0.309. The Morgan fingerprint density at radius 1 is 1.32 bits per heavy atom. The van der Waals surface area contributed by atoms with Gasteiger partial charge in [-0.3, -0.25) is 4.79 Å². The molecular formula is C13H10Cl2FNOS. The monoisotopic (exact) mass is 317 g/mol. The minimum Gasteiger partial charge on any atom is -0.367 e. The highest BCUT2D eigenvalue weighted by Crippen LogP contribution is 2.31.